The van der Waals surface area contributed by atoms with Crippen molar-refractivity contribution in [2.75, 3.05) is 33.9 Å². The van der Waals surface area contributed by atoms with Gasteiger partial charge in [-0.1, -0.05) is 0 Å². The van der Waals surface area contributed by atoms with Gasteiger partial charge in [0.15, 0.2) is 6.29 Å². The van der Waals surface area contributed by atoms with E-state index in [9.17, 15) is 10.2 Å². The Hall–Kier alpha value is -0.240. The summed E-state index contributed by atoms with van der Waals surface area (Å²) in [5.74, 6) is 0. The molecule has 3 aliphatic rings. The van der Waals surface area contributed by atoms with Crippen molar-refractivity contribution in [1.82, 2.24) is 4.90 Å². The van der Waals surface area contributed by atoms with E-state index in [4.69, 9.17) is 14.2 Å². The molecule has 17 heavy (non-hydrogen) atoms. The molecule has 6 nitrogen and oxygen atoms in total. The minimum Gasteiger partial charge on any atom is -0.387 e. The summed E-state index contributed by atoms with van der Waals surface area (Å²) in [4.78, 5) is 1.96. The fraction of sp³-hybridized carbons (Fsp3) is 1.00. The van der Waals surface area contributed by atoms with E-state index in [2.05, 4.69) is 0 Å². The molecule has 0 radical (unpaired) electrons. The van der Waals surface area contributed by atoms with Crippen molar-refractivity contribution in [3.8, 4) is 0 Å². The maximum Gasteiger partial charge on any atom is 0.186 e. The lowest BCUT2D eigenvalue weighted by Crippen LogP contribution is -2.60. The second kappa shape index (κ2) is 5.60. The summed E-state index contributed by atoms with van der Waals surface area (Å²) in [7, 11) is 3.85. The Morgan fingerprint density at radius 3 is 2.53 bits per heavy atom. The van der Waals surface area contributed by atoms with Crippen molar-refractivity contribution >= 4 is 0 Å². The largest absolute Gasteiger partial charge is 0.387 e. The topological polar surface area (TPSA) is 71.4 Å². The van der Waals surface area contributed by atoms with E-state index in [0.717, 1.165) is 6.42 Å². The summed E-state index contributed by atoms with van der Waals surface area (Å²) in [6.07, 6.45) is -2.80. The molecule has 5 atom stereocenters. The van der Waals surface area contributed by atoms with Crippen molar-refractivity contribution < 1.29 is 24.4 Å². The number of ether oxygens (including phenoxy) is 3. The molecule has 6 heteroatoms. The standard InChI is InChI=1S/C11H21NO5/c1-12(2)6-7-10-8(13)9(14)11(17-7)16-5-3-4-15-10/h7-11,13-14H,3-6H2,1-2H3. The first kappa shape index (κ1) is 13.2. The molecule has 3 saturated heterocycles. The molecule has 2 N–H and O–H groups in total. The van der Waals surface area contributed by atoms with E-state index in [-0.39, 0.29) is 6.10 Å². The fourth-order valence-corrected chi connectivity index (χ4v) is 2.23. The number of hydrogen-bond donors (Lipinski definition) is 2. The maximum absolute atomic E-state index is 10.0. The highest BCUT2D eigenvalue weighted by molar-refractivity contribution is 4.91. The summed E-state index contributed by atoms with van der Waals surface area (Å²) in [6.45, 7) is 1.60. The molecule has 100 valence electrons. The van der Waals surface area contributed by atoms with Gasteiger partial charge >= 0.3 is 0 Å². The molecule has 3 aliphatic heterocycles. The lowest BCUT2D eigenvalue weighted by molar-refractivity contribution is -0.295. The van der Waals surface area contributed by atoms with Crippen LogP contribution in [0.3, 0.4) is 0 Å². The quantitative estimate of drug-likeness (QED) is 0.639. The van der Waals surface area contributed by atoms with Gasteiger partial charge in [0.05, 0.1) is 6.61 Å². The minimum absolute atomic E-state index is 0.286. The Morgan fingerprint density at radius 1 is 1.12 bits per heavy atom. The molecule has 0 spiro atoms. The van der Waals surface area contributed by atoms with Crippen LogP contribution in [-0.2, 0) is 14.2 Å². The smallest absolute Gasteiger partial charge is 0.186 e. The number of likely N-dealkylation sites (N-methyl/N-ethyl adjacent to an activating group) is 1. The van der Waals surface area contributed by atoms with Gasteiger partial charge in [-0.25, -0.2) is 0 Å². The van der Waals surface area contributed by atoms with Crippen LogP contribution in [0.2, 0.25) is 0 Å². The third-order valence-corrected chi connectivity index (χ3v) is 3.07. The van der Waals surface area contributed by atoms with E-state index in [0.29, 0.717) is 19.8 Å². The van der Waals surface area contributed by atoms with Crippen molar-refractivity contribution in [3.05, 3.63) is 0 Å². The van der Waals surface area contributed by atoms with E-state index >= 15 is 0 Å². The molecular weight excluding hydrogens is 226 g/mol. The monoisotopic (exact) mass is 247 g/mol. The first-order valence-corrected chi connectivity index (χ1v) is 5.99. The number of nitrogens with zero attached hydrogens (tertiary/aromatic N) is 1. The molecule has 3 fully saturated rings. The first-order valence-electron chi connectivity index (χ1n) is 5.99. The number of fused-ring (bicyclic) bond motifs is 6. The Labute approximate surface area is 101 Å². The van der Waals surface area contributed by atoms with Crippen LogP contribution in [-0.4, -0.2) is 79.7 Å². The minimum atomic E-state index is -1.04. The lowest BCUT2D eigenvalue weighted by atomic mass is 9.98. The molecule has 0 aliphatic carbocycles. The second-order valence-corrected chi connectivity index (χ2v) is 4.85. The zero-order valence-electron chi connectivity index (χ0n) is 10.3. The number of rotatable bonds is 2. The number of aliphatic hydroxyl groups is 2. The van der Waals surface area contributed by atoms with Gasteiger partial charge in [-0.2, -0.15) is 0 Å². The Bertz CT molecular complexity index is 248. The normalized spacial score (nSPS) is 43.2. The van der Waals surface area contributed by atoms with Crippen LogP contribution in [0, 0.1) is 0 Å². The summed E-state index contributed by atoms with van der Waals surface area (Å²) in [5, 5.41) is 19.9. The van der Waals surface area contributed by atoms with Crippen molar-refractivity contribution in [1.29, 1.82) is 0 Å². The molecule has 0 saturated carbocycles. The SMILES string of the molecule is CN(C)CC1OC2OCCCOC1C(O)C2O. The summed E-state index contributed by atoms with van der Waals surface area (Å²) in [5.41, 5.74) is 0. The fourth-order valence-electron chi connectivity index (χ4n) is 2.23. The maximum atomic E-state index is 10.0. The van der Waals surface area contributed by atoms with Gasteiger partial charge in [0.2, 0.25) is 0 Å². The van der Waals surface area contributed by atoms with E-state index in [1.54, 1.807) is 0 Å². The van der Waals surface area contributed by atoms with Crippen LogP contribution in [0.25, 0.3) is 0 Å². The molecule has 2 bridgehead atoms. The average molecular weight is 247 g/mol. The number of aliphatic hydroxyl groups excluding tert-OH is 2. The highest BCUT2D eigenvalue weighted by Crippen LogP contribution is 2.26. The van der Waals surface area contributed by atoms with Crippen molar-refractivity contribution in [2.45, 2.75) is 37.1 Å². The van der Waals surface area contributed by atoms with Gasteiger partial charge in [0.25, 0.3) is 0 Å². The molecule has 0 aromatic heterocycles. The summed E-state index contributed by atoms with van der Waals surface area (Å²) in [6, 6.07) is 0. The summed E-state index contributed by atoms with van der Waals surface area (Å²) >= 11 is 0. The van der Waals surface area contributed by atoms with Crippen molar-refractivity contribution in [2.24, 2.45) is 0 Å². The van der Waals surface area contributed by atoms with Gasteiger partial charge in [0, 0.05) is 13.2 Å². The van der Waals surface area contributed by atoms with Crippen molar-refractivity contribution in [3.63, 3.8) is 0 Å². The third-order valence-electron chi connectivity index (χ3n) is 3.07. The zero-order chi connectivity index (χ0) is 12.4. The van der Waals surface area contributed by atoms with Gasteiger partial charge in [-0.15, -0.1) is 0 Å². The average Bonchev–Trinajstić information content (AvgIpc) is 2.39. The zero-order valence-corrected chi connectivity index (χ0v) is 10.3. The van der Waals surface area contributed by atoms with Crippen LogP contribution < -0.4 is 0 Å². The Kier molecular flexibility index (Phi) is 4.35. The lowest BCUT2D eigenvalue weighted by Gasteiger charge is -2.42. The first-order chi connectivity index (χ1) is 8.09. The van der Waals surface area contributed by atoms with Crippen LogP contribution in [0.1, 0.15) is 6.42 Å². The van der Waals surface area contributed by atoms with Gasteiger partial charge in [-0.05, 0) is 20.5 Å². The molecule has 0 aromatic carbocycles. The molecule has 0 amide bonds. The third kappa shape index (κ3) is 2.96. The number of hydrogen-bond acceptors (Lipinski definition) is 6. The predicted molar refractivity (Wildman–Crippen MR) is 59.5 cm³/mol. The predicted octanol–water partition coefficient (Wildman–Crippen LogP) is -1.20. The molecule has 0 aromatic rings. The van der Waals surface area contributed by atoms with Gasteiger partial charge in [-0.3, -0.25) is 0 Å². The van der Waals surface area contributed by atoms with E-state index in [1.165, 1.54) is 0 Å². The van der Waals surface area contributed by atoms with Crippen LogP contribution in [0.4, 0.5) is 0 Å². The van der Waals surface area contributed by atoms with Crippen LogP contribution in [0.15, 0.2) is 0 Å². The highest BCUT2D eigenvalue weighted by Gasteiger charge is 2.46. The molecule has 5 unspecified atom stereocenters. The molecule has 3 rings (SSSR count). The van der Waals surface area contributed by atoms with E-state index < -0.39 is 24.6 Å². The Balaban J connectivity index is 2.13. The molecule has 3 heterocycles. The Morgan fingerprint density at radius 2 is 1.82 bits per heavy atom. The summed E-state index contributed by atoms with van der Waals surface area (Å²) < 4.78 is 16.7. The van der Waals surface area contributed by atoms with Crippen LogP contribution >= 0.6 is 0 Å². The van der Waals surface area contributed by atoms with Gasteiger partial charge < -0.3 is 29.3 Å². The highest BCUT2D eigenvalue weighted by atomic mass is 16.7. The van der Waals surface area contributed by atoms with Gasteiger partial charge in [0.1, 0.15) is 24.4 Å². The molecular formula is C11H21NO5. The van der Waals surface area contributed by atoms with E-state index in [1.807, 2.05) is 19.0 Å². The second-order valence-electron chi connectivity index (χ2n) is 4.85. The van der Waals surface area contributed by atoms with Crippen LogP contribution in [0.5, 0.6) is 0 Å².